The highest BCUT2D eigenvalue weighted by molar-refractivity contribution is 5.93. The molecule has 0 saturated carbocycles. The molecule has 1 unspecified atom stereocenters. The van der Waals surface area contributed by atoms with E-state index in [4.69, 9.17) is 13.8 Å². The standard InChI is InChI=1S/C46H33N3O2/c1-2-8-33-27-34(14-13-30(33)7-1)35-15-16-37-29-40(26-21-36(37)28-35)49(38-22-17-31(18-23-38)45-47-41-9-3-5-11-43(41)50-45)39-24-19-32(20-25-39)46-48-42-10-4-6-12-44(42)51-46/h1-12,15-24,26-29,39H,13-14,25H2/i16D,21D,28D,29D. The highest BCUT2D eigenvalue weighted by Crippen LogP contribution is 2.38. The van der Waals surface area contributed by atoms with Gasteiger partial charge in [-0.2, -0.15) is 0 Å². The van der Waals surface area contributed by atoms with Crippen LogP contribution < -0.4 is 4.90 Å². The van der Waals surface area contributed by atoms with Crippen LogP contribution in [0.25, 0.3) is 61.6 Å². The van der Waals surface area contributed by atoms with Crippen molar-refractivity contribution in [1.29, 1.82) is 0 Å². The van der Waals surface area contributed by atoms with Gasteiger partial charge in [0.05, 0.1) is 11.5 Å². The summed E-state index contributed by atoms with van der Waals surface area (Å²) in [7, 11) is 0. The predicted octanol–water partition coefficient (Wildman–Crippen LogP) is 11.8. The van der Waals surface area contributed by atoms with Gasteiger partial charge in [-0.15, -0.1) is 0 Å². The summed E-state index contributed by atoms with van der Waals surface area (Å²) in [5.74, 6) is 1.05. The lowest BCUT2D eigenvalue weighted by atomic mass is 9.88. The van der Waals surface area contributed by atoms with Crippen LogP contribution in [0.2, 0.25) is 0 Å². The molecule has 2 aliphatic rings. The third-order valence-electron chi connectivity index (χ3n) is 9.77. The summed E-state index contributed by atoms with van der Waals surface area (Å²) >= 11 is 0. The third kappa shape index (κ3) is 5.44. The largest absolute Gasteiger partial charge is 0.436 e. The Hall–Kier alpha value is -6.46. The maximum atomic E-state index is 9.63. The van der Waals surface area contributed by atoms with Crippen LogP contribution in [0.15, 0.2) is 160 Å². The fraction of sp³-hybridized carbons (Fsp3) is 0.0870. The molecule has 5 heteroatoms. The van der Waals surface area contributed by atoms with Crippen molar-refractivity contribution in [2.75, 3.05) is 4.90 Å². The lowest BCUT2D eigenvalue weighted by Crippen LogP contribution is -2.30. The Morgan fingerprint density at radius 1 is 0.647 bits per heavy atom. The molecule has 0 saturated heterocycles. The van der Waals surface area contributed by atoms with E-state index in [1.165, 1.54) is 5.56 Å². The van der Waals surface area contributed by atoms with Crippen LogP contribution in [0.5, 0.6) is 0 Å². The molecule has 5 nitrogen and oxygen atoms in total. The van der Waals surface area contributed by atoms with E-state index in [-0.39, 0.29) is 30.2 Å². The van der Waals surface area contributed by atoms with Gasteiger partial charge in [0.1, 0.15) is 11.0 Å². The molecule has 8 aromatic rings. The second-order valence-corrected chi connectivity index (χ2v) is 13.0. The summed E-state index contributed by atoms with van der Waals surface area (Å²) in [5, 5.41) is 0.614. The zero-order valence-electron chi connectivity index (χ0n) is 31.6. The lowest BCUT2D eigenvalue weighted by molar-refractivity contribution is 0.584. The second-order valence-electron chi connectivity index (χ2n) is 13.0. The van der Waals surface area contributed by atoms with Crippen molar-refractivity contribution in [3.8, 4) is 11.5 Å². The van der Waals surface area contributed by atoms with Gasteiger partial charge in [0.25, 0.3) is 0 Å². The van der Waals surface area contributed by atoms with Crippen molar-refractivity contribution < 1.29 is 14.3 Å². The molecule has 0 amide bonds. The minimum absolute atomic E-state index is 0.101. The molecule has 10 rings (SSSR count). The number of aromatic nitrogens is 2. The number of para-hydroxylation sites is 4. The number of allylic oxidation sites excluding steroid dienone is 3. The monoisotopic (exact) mass is 663 g/mol. The van der Waals surface area contributed by atoms with Gasteiger partial charge in [0.2, 0.25) is 11.8 Å². The van der Waals surface area contributed by atoms with Crippen molar-refractivity contribution >= 4 is 61.6 Å². The Labute approximate surface area is 301 Å². The molecular weight excluding hydrogens is 627 g/mol. The zero-order valence-corrected chi connectivity index (χ0v) is 27.6. The first-order chi connectivity index (χ1) is 26.9. The topological polar surface area (TPSA) is 55.3 Å². The van der Waals surface area contributed by atoms with E-state index in [9.17, 15) is 5.48 Å². The Balaban J connectivity index is 1.07. The number of aryl methyl sites for hydroxylation is 1. The van der Waals surface area contributed by atoms with Gasteiger partial charge in [0, 0.05) is 22.5 Å². The molecule has 2 aliphatic carbocycles. The molecule has 0 N–H and O–H groups in total. The predicted molar refractivity (Wildman–Crippen MR) is 208 cm³/mol. The maximum absolute atomic E-state index is 9.63. The number of rotatable bonds is 6. The van der Waals surface area contributed by atoms with Crippen molar-refractivity contribution in [2.24, 2.45) is 0 Å². The average molecular weight is 664 g/mol. The fourth-order valence-electron chi connectivity index (χ4n) is 7.13. The van der Waals surface area contributed by atoms with E-state index >= 15 is 0 Å². The molecule has 0 radical (unpaired) electrons. The van der Waals surface area contributed by atoms with Gasteiger partial charge in [0.15, 0.2) is 11.2 Å². The number of fused-ring (bicyclic) bond motifs is 4. The first-order valence-electron chi connectivity index (χ1n) is 19.2. The van der Waals surface area contributed by atoms with Crippen LogP contribution in [-0.4, -0.2) is 16.0 Å². The number of hydrogen-bond acceptors (Lipinski definition) is 5. The Kier molecular flexibility index (Phi) is 6.07. The SMILES string of the molecule is [2H]c1cc(N(c2ccc(-c3nc4ccccc4o3)cc2)C2C=CC(c3nc4ccccc4o3)=CC2)c([2H])c2c([2H])cc(C3=Cc4ccccc4CC3)c([2H])c12. The fourth-order valence-corrected chi connectivity index (χ4v) is 7.13. The van der Waals surface area contributed by atoms with E-state index in [1.807, 2.05) is 95.9 Å². The first kappa shape index (κ1) is 25.5. The Morgan fingerprint density at radius 3 is 2.14 bits per heavy atom. The first-order valence-corrected chi connectivity index (χ1v) is 17.2. The second kappa shape index (κ2) is 12.1. The van der Waals surface area contributed by atoms with Crippen LogP contribution in [0.1, 0.15) is 40.9 Å². The summed E-state index contributed by atoms with van der Waals surface area (Å²) in [6.45, 7) is 0. The summed E-state index contributed by atoms with van der Waals surface area (Å²) < 4.78 is 49.6. The number of anilines is 2. The number of benzene rings is 6. The number of nitrogens with zero attached hydrogens (tertiary/aromatic N) is 3. The Bertz CT molecular complexity index is 2860. The Morgan fingerprint density at radius 2 is 1.35 bits per heavy atom. The molecule has 0 bridgehead atoms. The average Bonchev–Trinajstić information content (AvgIpc) is 3.86. The summed E-state index contributed by atoms with van der Waals surface area (Å²) in [5.41, 5.74) is 9.95. The molecule has 51 heavy (non-hydrogen) atoms. The molecular formula is C46H33N3O2. The van der Waals surface area contributed by atoms with E-state index in [0.29, 0.717) is 45.8 Å². The van der Waals surface area contributed by atoms with Crippen LogP contribution >= 0.6 is 0 Å². The van der Waals surface area contributed by atoms with Crippen molar-refractivity contribution in [3.05, 3.63) is 174 Å². The number of hydrogen-bond donors (Lipinski definition) is 0. The smallest absolute Gasteiger partial charge is 0.227 e. The van der Waals surface area contributed by atoms with E-state index < -0.39 is 0 Å². The van der Waals surface area contributed by atoms with E-state index in [0.717, 1.165) is 57.4 Å². The maximum Gasteiger partial charge on any atom is 0.227 e. The van der Waals surface area contributed by atoms with Crippen LogP contribution in [0.4, 0.5) is 11.4 Å². The molecule has 0 fully saturated rings. The van der Waals surface area contributed by atoms with E-state index in [1.54, 1.807) is 12.1 Å². The van der Waals surface area contributed by atoms with Crippen molar-refractivity contribution in [1.82, 2.24) is 9.97 Å². The molecule has 244 valence electrons. The minimum atomic E-state index is -0.249. The molecule has 2 heterocycles. The van der Waals surface area contributed by atoms with Crippen molar-refractivity contribution in [2.45, 2.75) is 25.3 Å². The van der Waals surface area contributed by atoms with Gasteiger partial charge in [-0.3, -0.25) is 0 Å². The summed E-state index contributed by atoms with van der Waals surface area (Å²) in [6.07, 6.45) is 10.4. The normalized spacial score (nSPS) is 16.7. The minimum Gasteiger partial charge on any atom is -0.436 e. The van der Waals surface area contributed by atoms with Gasteiger partial charge in [-0.25, -0.2) is 9.97 Å². The van der Waals surface area contributed by atoms with Gasteiger partial charge < -0.3 is 13.7 Å². The molecule has 0 spiro atoms. The lowest BCUT2D eigenvalue weighted by Gasteiger charge is -2.33. The summed E-state index contributed by atoms with van der Waals surface area (Å²) in [4.78, 5) is 11.4. The van der Waals surface area contributed by atoms with Gasteiger partial charge >= 0.3 is 0 Å². The van der Waals surface area contributed by atoms with Crippen LogP contribution in [-0.2, 0) is 6.42 Å². The van der Waals surface area contributed by atoms with Crippen molar-refractivity contribution in [3.63, 3.8) is 0 Å². The highest BCUT2D eigenvalue weighted by Gasteiger charge is 2.23. The molecule has 0 aliphatic heterocycles. The quantitative estimate of drug-likeness (QED) is 0.177. The zero-order chi connectivity index (χ0) is 37.2. The molecule has 1 atom stereocenters. The molecule has 6 aromatic carbocycles. The highest BCUT2D eigenvalue weighted by atomic mass is 16.4. The molecule has 2 aromatic heterocycles. The third-order valence-corrected chi connectivity index (χ3v) is 9.77. The van der Waals surface area contributed by atoms with Crippen LogP contribution in [0, 0.1) is 0 Å². The van der Waals surface area contributed by atoms with Crippen LogP contribution in [0.3, 0.4) is 0 Å². The summed E-state index contributed by atoms with van der Waals surface area (Å²) in [6, 6.07) is 35.1. The van der Waals surface area contributed by atoms with E-state index in [2.05, 4.69) is 35.3 Å². The number of oxazole rings is 2. The van der Waals surface area contributed by atoms with Gasteiger partial charge in [-0.05, 0) is 119 Å². The van der Waals surface area contributed by atoms with Gasteiger partial charge in [-0.1, -0.05) is 91.0 Å².